The predicted molar refractivity (Wildman–Crippen MR) is 130 cm³/mol. The van der Waals surface area contributed by atoms with Crippen LogP contribution in [0, 0.1) is 6.92 Å². The summed E-state index contributed by atoms with van der Waals surface area (Å²) in [5, 5.41) is 14.0. The highest BCUT2D eigenvalue weighted by Crippen LogP contribution is 2.32. The van der Waals surface area contributed by atoms with Crippen LogP contribution in [0.1, 0.15) is 26.3 Å². The molecule has 3 aromatic carbocycles. The molecule has 0 amide bonds. The topological polar surface area (TPSA) is 84.0 Å². The monoisotopic (exact) mass is 446 g/mol. The van der Waals surface area contributed by atoms with Crippen LogP contribution in [-0.2, 0) is 10.0 Å². The Bertz CT molecular complexity index is 1380. The fourth-order valence-corrected chi connectivity index (χ4v) is 5.25. The van der Waals surface area contributed by atoms with Gasteiger partial charge in [-0.15, -0.1) is 10.2 Å². The molecule has 7 heteroatoms. The van der Waals surface area contributed by atoms with E-state index in [1.54, 1.807) is 19.1 Å². The highest BCUT2D eigenvalue weighted by atomic mass is 32.2. The van der Waals surface area contributed by atoms with E-state index in [-0.39, 0.29) is 4.90 Å². The van der Waals surface area contributed by atoms with Crippen LogP contribution in [0.15, 0.2) is 77.7 Å². The number of benzene rings is 3. The van der Waals surface area contributed by atoms with Crippen molar-refractivity contribution in [2.75, 3.05) is 5.32 Å². The first kappa shape index (κ1) is 21.9. The lowest BCUT2D eigenvalue weighted by molar-refractivity contribution is 0.491. The molecule has 0 aliphatic rings. The third-order valence-corrected chi connectivity index (χ3v) is 6.82. The van der Waals surface area contributed by atoms with E-state index in [1.807, 2.05) is 81.4 Å². The lowest BCUT2D eigenvalue weighted by atomic mass is 10.0. The lowest BCUT2D eigenvalue weighted by Crippen LogP contribution is -2.40. The van der Waals surface area contributed by atoms with E-state index in [9.17, 15) is 8.42 Å². The molecule has 0 aliphatic heterocycles. The van der Waals surface area contributed by atoms with Crippen molar-refractivity contribution in [1.82, 2.24) is 14.9 Å². The molecule has 6 nitrogen and oxygen atoms in total. The summed E-state index contributed by atoms with van der Waals surface area (Å²) in [5.74, 6) is 0.643. The first-order chi connectivity index (χ1) is 15.1. The van der Waals surface area contributed by atoms with Crippen molar-refractivity contribution in [3.05, 3.63) is 78.4 Å². The molecule has 0 unspecified atom stereocenters. The third-order valence-electron chi connectivity index (χ3n) is 4.92. The number of aryl methyl sites for hydroxylation is 1. The van der Waals surface area contributed by atoms with Crippen molar-refractivity contribution in [3.8, 4) is 11.3 Å². The predicted octanol–water partition coefficient (Wildman–Crippen LogP) is 5.43. The standard InChI is InChI=1S/C25H26N4O2S/c1-17-14-15-18(16-22(17)32(30,31)29-25(2,3)4)23-20-12-8-9-13-21(20)24(28-27-23)26-19-10-6-5-7-11-19/h5-16,29H,1-4H3,(H,26,28). The number of hydrogen-bond donors (Lipinski definition) is 2. The Morgan fingerprint density at radius 3 is 2.16 bits per heavy atom. The average molecular weight is 447 g/mol. The van der Waals surface area contributed by atoms with E-state index in [2.05, 4.69) is 20.2 Å². The van der Waals surface area contributed by atoms with Crippen molar-refractivity contribution in [3.63, 3.8) is 0 Å². The highest BCUT2D eigenvalue weighted by molar-refractivity contribution is 7.89. The van der Waals surface area contributed by atoms with Gasteiger partial charge >= 0.3 is 0 Å². The number of fused-ring (bicyclic) bond motifs is 1. The van der Waals surface area contributed by atoms with Gasteiger partial charge in [-0.1, -0.05) is 54.6 Å². The molecule has 4 rings (SSSR count). The van der Waals surface area contributed by atoms with Crippen LogP contribution in [0.25, 0.3) is 22.0 Å². The SMILES string of the molecule is Cc1ccc(-c2nnc(Nc3ccccc3)c3ccccc23)cc1S(=O)(=O)NC(C)(C)C. The zero-order valence-corrected chi connectivity index (χ0v) is 19.4. The van der Waals surface area contributed by atoms with Crippen LogP contribution in [0.4, 0.5) is 11.5 Å². The Hall–Kier alpha value is -3.29. The number of hydrogen-bond acceptors (Lipinski definition) is 5. The second kappa shape index (κ2) is 8.33. The Labute approximate surface area is 188 Å². The van der Waals surface area contributed by atoms with Gasteiger partial charge in [-0.2, -0.15) is 0 Å². The van der Waals surface area contributed by atoms with Crippen LogP contribution in [0.2, 0.25) is 0 Å². The normalized spacial score (nSPS) is 12.1. The summed E-state index contributed by atoms with van der Waals surface area (Å²) < 4.78 is 28.8. The van der Waals surface area contributed by atoms with Crippen LogP contribution in [0.5, 0.6) is 0 Å². The lowest BCUT2D eigenvalue weighted by Gasteiger charge is -2.21. The van der Waals surface area contributed by atoms with Crippen LogP contribution in [0.3, 0.4) is 0 Å². The zero-order chi connectivity index (χ0) is 22.9. The molecule has 32 heavy (non-hydrogen) atoms. The minimum absolute atomic E-state index is 0.238. The molecule has 0 atom stereocenters. The minimum atomic E-state index is -3.69. The molecule has 164 valence electrons. The number of nitrogens with one attached hydrogen (secondary N) is 2. The summed E-state index contributed by atoms with van der Waals surface area (Å²) in [6.07, 6.45) is 0. The van der Waals surface area contributed by atoms with Crippen molar-refractivity contribution >= 4 is 32.3 Å². The quantitative estimate of drug-likeness (QED) is 0.427. The Morgan fingerprint density at radius 1 is 0.812 bits per heavy atom. The van der Waals surface area contributed by atoms with Gasteiger partial charge in [0, 0.05) is 27.6 Å². The summed E-state index contributed by atoms with van der Waals surface area (Å²) in [4.78, 5) is 0.238. The maximum absolute atomic E-state index is 13.0. The fourth-order valence-electron chi connectivity index (χ4n) is 3.56. The molecule has 4 aromatic rings. The molecule has 0 saturated carbocycles. The van der Waals surface area contributed by atoms with E-state index in [1.165, 1.54) is 0 Å². The van der Waals surface area contributed by atoms with Gasteiger partial charge in [-0.25, -0.2) is 13.1 Å². The Balaban J connectivity index is 1.82. The first-order valence-corrected chi connectivity index (χ1v) is 11.8. The number of anilines is 2. The summed E-state index contributed by atoms with van der Waals surface area (Å²) in [5.41, 5.74) is 2.33. The summed E-state index contributed by atoms with van der Waals surface area (Å²) in [6, 6.07) is 23.0. The molecule has 0 bridgehead atoms. The molecular weight excluding hydrogens is 420 g/mol. The van der Waals surface area contributed by atoms with E-state index in [0.717, 1.165) is 16.5 Å². The van der Waals surface area contributed by atoms with Gasteiger partial charge in [0.05, 0.1) is 4.90 Å². The van der Waals surface area contributed by atoms with Gasteiger partial charge in [-0.05, 0) is 51.5 Å². The largest absolute Gasteiger partial charge is 0.338 e. The van der Waals surface area contributed by atoms with E-state index in [4.69, 9.17) is 0 Å². The molecule has 0 radical (unpaired) electrons. The van der Waals surface area contributed by atoms with Gasteiger partial charge in [-0.3, -0.25) is 0 Å². The van der Waals surface area contributed by atoms with Gasteiger partial charge in [0.2, 0.25) is 10.0 Å². The van der Waals surface area contributed by atoms with Crippen LogP contribution in [-0.4, -0.2) is 24.2 Å². The summed E-state index contributed by atoms with van der Waals surface area (Å²) in [6.45, 7) is 7.25. The van der Waals surface area contributed by atoms with E-state index in [0.29, 0.717) is 22.6 Å². The van der Waals surface area contributed by atoms with Gasteiger partial charge < -0.3 is 5.32 Å². The molecule has 0 fully saturated rings. The molecule has 2 N–H and O–H groups in total. The van der Waals surface area contributed by atoms with Crippen LogP contribution < -0.4 is 10.0 Å². The molecule has 1 aromatic heterocycles. The molecule has 0 saturated heterocycles. The van der Waals surface area contributed by atoms with Gasteiger partial charge in [0.15, 0.2) is 5.82 Å². The average Bonchev–Trinajstić information content (AvgIpc) is 2.73. The number of rotatable bonds is 5. The van der Waals surface area contributed by atoms with Crippen molar-refractivity contribution in [1.29, 1.82) is 0 Å². The maximum atomic E-state index is 13.0. The van der Waals surface area contributed by atoms with Crippen molar-refractivity contribution < 1.29 is 8.42 Å². The summed E-state index contributed by atoms with van der Waals surface area (Å²) in [7, 11) is -3.69. The number of aromatic nitrogens is 2. The Kier molecular flexibility index (Phi) is 5.71. The molecular formula is C25H26N4O2S. The maximum Gasteiger partial charge on any atom is 0.241 e. The van der Waals surface area contributed by atoms with Crippen molar-refractivity contribution in [2.45, 2.75) is 38.1 Å². The second-order valence-electron chi connectivity index (χ2n) is 8.77. The van der Waals surface area contributed by atoms with Crippen LogP contribution >= 0.6 is 0 Å². The minimum Gasteiger partial charge on any atom is -0.338 e. The molecule has 0 spiro atoms. The van der Waals surface area contributed by atoms with Gasteiger partial charge in [0.1, 0.15) is 5.69 Å². The smallest absolute Gasteiger partial charge is 0.241 e. The third kappa shape index (κ3) is 4.64. The number of sulfonamides is 1. The second-order valence-corrected chi connectivity index (χ2v) is 10.4. The fraction of sp³-hybridized carbons (Fsp3) is 0.200. The van der Waals surface area contributed by atoms with E-state index >= 15 is 0 Å². The zero-order valence-electron chi connectivity index (χ0n) is 18.5. The van der Waals surface area contributed by atoms with E-state index < -0.39 is 15.6 Å². The van der Waals surface area contributed by atoms with Gasteiger partial charge in [0.25, 0.3) is 0 Å². The summed E-state index contributed by atoms with van der Waals surface area (Å²) >= 11 is 0. The number of nitrogens with zero attached hydrogens (tertiary/aromatic N) is 2. The first-order valence-electron chi connectivity index (χ1n) is 10.4. The molecule has 1 heterocycles. The molecule has 0 aliphatic carbocycles. The Morgan fingerprint density at radius 2 is 1.47 bits per heavy atom. The van der Waals surface area contributed by atoms with Crippen molar-refractivity contribution in [2.24, 2.45) is 0 Å². The number of para-hydroxylation sites is 1. The highest BCUT2D eigenvalue weighted by Gasteiger charge is 2.24.